The summed E-state index contributed by atoms with van der Waals surface area (Å²) in [5.41, 5.74) is 0.436. The number of ether oxygens (including phenoxy) is 1. The maximum absolute atomic E-state index is 12.7. The van der Waals surface area contributed by atoms with E-state index in [1.165, 1.54) is 4.31 Å². The summed E-state index contributed by atoms with van der Waals surface area (Å²) in [6, 6.07) is 6.59. The Morgan fingerprint density at radius 3 is 2.85 bits per heavy atom. The normalized spacial score (nSPS) is 21.0. The number of piperidine rings is 1. The second kappa shape index (κ2) is 6.67. The highest BCUT2D eigenvalue weighted by Gasteiger charge is 2.31. The van der Waals surface area contributed by atoms with E-state index in [2.05, 4.69) is 0 Å². The van der Waals surface area contributed by atoms with Crippen molar-refractivity contribution in [1.82, 2.24) is 4.31 Å². The molecule has 1 saturated heterocycles. The molecule has 1 unspecified atom stereocenters. The molecule has 1 aliphatic heterocycles. The lowest BCUT2D eigenvalue weighted by atomic mass is 10.1. The maximum atomic E-state index is 12.7. The van der Waals surface area contributed by atoms with Crippen LogP contribution >= 0.6 is 0 Å². The first kappa shape index (κ1) is 15.4. The number of hydrogen-bond acceptors (Lipinski definition) is 4. The number of benzene rings is 1. The van der Waals surface area contributed by atoms with E-state index < -0.39 is 10.0 Å². The maximum Gasteiger partial charge on any atom is 0.243 e. The van der Waals surface area contributed by atoms with Crippen molar-refractivity contribution in [3.05, 3.63) is 29.8 Å². The van der Waals surface area contributed by atoms with E-state index in [4.69, 9.17) is 4.74 Å². The fourth-order valence-corrected chi connectivity index (χ4v) is 4.24. The Morgan fingerprint density at radius 2 is 2.15 bits per heavy atom. The van der Waals surface area contributed by atoms with Gasteiger partial charge in [-0.05, 0) is 31.4 Å². The van der Waals surface area contributed by atoms with Crippen molar-refractivity contribution >= 4 is 10.0 Å². The van der Waals surface area contributed by atoms with E-state index in [1.54, 1.807) is 24.3 Å². The first-order valence-electron chi connectivity index (χ1n) is 6.90. The van der Waals surface area contributed by atoms with Crippen molar-refractivity contribution in [2.24, 2.45) is 0 Å². The molecule has 1 fully saturated rings. The van der Waals surface area contributed by atoms with E-state index in [9.17, 15) is 13.5 Å². The van der Waals surface area contributed by atoms with Gasteiger partial charge in [-0.25, -0.2) is 8.42 Å². The van der Waals surface area contributed by atoms with Crippen LogP contribution in [0.5, 0.6) is 0 Å². The number of nitrogens with zero attached hydrogens (tertiary/aromatic N) is 1. The van der Waals surface area contributed by atoms with Crippen LogP contribution in [0.2, 0.25) is 0 Å². The van der Waals surface area contributed by atoms with E-state index >= 15 is 0 Å². The summed E-state index contributed by atoms with van der Waals surface area (Å²) in [5.74, 6) is 0. The standard InChI is InChI=1S/C14H21NO4S/c1-2-19-13-7-5-9-15(10-13)20(17,18)14-8-4-3-6-12(14)11-16/h3-4,6,8,13,16H,2,5,7,9-11H2,1H3. The van der Waals surface area contributed by atoms with Gasteiger partial charge < -0.3 is 9.84 Å². The van der Waals surface area contributed by atoms with Crippen LogP contribution < -0.4 is 0 Å². The molecule has 5 nitrogen and oxygen atoms in total. The molecule has 0 aromatic heterocycles. The van der Waals surface area contributed by atoms with Gasteiger partial charge in [0.15, 0.2) is 0 Å². The van der Waals surface area contributed by atoms with Crippen LogP contribution in [-0.2, 0) is 21.4 Å². The average Bonchev–Trinajstić information content (AvgIpc) is 2.48. The number of rotatable bonds is 5. The van der Waals surface area contributed by atoms with E-state index in [1.807, 2.05) is 6.92 Å². The molecule has 112 valence electrons. The topological polar surface area (TPSA) is 66.8 Å². The molecule has 20 heavy (non-hydrogen) atoms. The van der Waals surface area contributed by atoms with E-state index in [0.717, 1.165) is 12.8 Å². The second-order valence-electron chi connectivity index (χ2n) is 4.85. The molecule has 0 saturated carbocycles. The average molecular weight is 299 g/mol. The molecular weight excluding hydrogens is 278 g/mol. The van der Waals surface area contributed by atoms with Crippen LogP contribution in [0.15, 0.2) is 29.2 Å². The van der Waals surface area contributed by atoms with Crippen molar-refractivity contribution in [1.29, 1.82) is 0 Å². The molecule has 0 radical (unpaired) electrons. The van der Waals surface area contributed by atoms with Gasteiger partial charge in [-0.15, -0.1) is 0 Å². The Labute approximate surface area is 120 Å². The molecule has 2 rings (SSSR count). The summed E-state index contributed by atoms with van der Waals surface area (Å²) >= 11 is 0. The van der Waals surface area contributed by atoms with Crippen molar-refractivity contribution in [2.75, 3.05) is 19.7 Å². The first-order chi connectivity index (χ1) is 9.59. The summed E-state index contributed by atoms with van der Waals surface area (Å²) in [7, 11) is -3.56. The molecule has 1 atom stereocenters. The third kappa shape index (κ3) is 3.20. The predicted molar refractivity (Wildman–Crippen MR) is 75.8 cm³/mol. The summed E-state index contributed by atoms with van der Waals surface area (Å²) in [4.78, 5) is 0.194. The number of sulfonamides is 1. The van der Waals surface area contributed by atoms with Gasteiger partial charge in [0.2, 0.25) is 10.0 Å². The third-order valence-corrected chi connectivity index (χ3v) is 5.47. The summed E-state index contributed by atoms with van der Waals surface area (Å²) in [6.45, 7) is 3.11. The van der Waals surface area contributed by atoms with Gasteiger partial charge in [0.25, 0.3) is 0 Å². The zero-order chi connectivity index (χ0) is 14.6. The number of hydrogen-bond donors (Lipinski definition) is 1. The smallest absolute Gasteiger partial charge is 0.243 e. The quantitative estimate of drug-likeness (QED) is 0.891. The molecule has 0 aliphatic carbocycles. The highest BCUT2D eigenvalue weighted by molar-refractivity contribution is 7.89. The molecular formula is C14H21NO4S. The zero-order valence-corrected chi connectivity index (χ0v) is 12.5. The fraction of sp³-hybridized carbons (Fsp3) is 0.571. The van der Waals surface area contributed by atoms with Gasteiger partial charge in [0.1, 0.15) is 0 Å². The molecule has 1 N–H and O–H groups in total. The fourth-order valence-electron chi connectivity index (χ4n) is 2.52. The van der Waals surface area contributed by atoms with Crippen LogP contribution in [0.1, 0.15) is 25.3 Å². The second-order valence-corrected chi connectivity index (χ2v) is 6.75. The minimum Gasteiger partial charge on any atom is -0.392 e. The van der Waals surface area contributed by atoms with Crippen LogP contribution in [0.25, 0.3) is 0 Å². The summed E-state index contributed by atoms with van der Waals surface area (Å²) < 4.78 is 32.4. The lowest BCUT2D eigenvalue weighted by Gasteiger charge is -2.32. The Morgan fingerprint density at radius 1 is 1.40 bits per heavy atom. The lowest BCUT2D eigenvalue weighted by molar-refractivity contribution is 0.0265. The Balaban J connectivity index is 2.25. The minimum absolute atomic E-state index is 0.0372. The highest BCUT2D eigenvalue weighted by atomic mass is 32.2. The predicted octanol–water partition coefficient (Wildman–Crippen LogP) is 1.37. The van der Waals surface area contributed by atoms with Crippen molar-refractivity contribution < 1.29 is 18.3 Å². The Kier molecular flexibility index (Phi) is 5.15. The van der Waals surface area contributed by atoms with Crippen LogP contribution in [0.4, 0.5) is 0 Å². The van der Waals surface area contributed by atoms with Crippen LogP contribution in [-0.4, -0.2) is 43.6 Å². The van der Waals surface area contributed by atoms with Crippen molar-refractivity contribution in [3.63, 3.8) is 0 Å². The third-order valence-electron chi connectivity index (χ3n) is 3.50. The van der Waals surface area contributed by atoms with Gasteiger partial charge in [-0.1, -0.05) is 18.2 Å². The highest BCUT2D eigenvalue weighted by Crippen LogP contribution is 2.24. The molecule has 0 spiro atoms. The van der Waals surface area contributed by atoms with Gasteiger partial charge in [0.05, 0.1) is 17.6 Å². The van der Waals surface area contributed by atoms with E-state index in [0.29, 0.717) is 25.3 Å². The molecule has 6 heteroatoms. The molecule has 0 bridgehead atoms. The van der Waals surface area contributed by atoms with Crippen LogP contribution in [0, 0.1) is 0 Å². The SMILES string of the molecule is CCOC1CCCN(S(=O)(=O)c2ccccc2CO)C1. The largest absolute Gasteiger partial charge is 0.392 e. The molecule has 1 aromatic carbocycles. The minimum atomic E-state index is -3.56. The van der Waals surface area contributed by atoms with Gasteiger partial charge in [0, 0.05) is 19.7 Å². The van der Waals surface area contributed by atoms with Crippen LogP contribution in [0.3, 0.4) is 0 Å². The van der Waals surface area contributed by atoms with E-state index in [-0.39, 0.29) is 17.6 Å². The molecule has 1 aliphatic rings. The lowest BCUT2D eigenvalue weighted by Crippen LogP contribution is -2.43. The van der Waals surface area contributed by atoms with Gasteiger partial charge >= 0.3 is 0 Å². The van der Waals surface area contributed by atoms with Crippen molar-refractivity contribution in [2.45, 2.75) is 37.4 Å². The number of aliphatic hydroxyl groups excluding tert-OH is 1. The molecule has 0 amide bonds. The zero-order valence-electron chi connectivity index (χ0n) is 11.7. The molecule has 1 heterocycles. The monoisotopic (exact) mass is 299 g/mol. The Hall–Kier alpha value is -0.950. The summed E-state index contributed by atoms with van der Waals surface area (Å²) in [6.07, 6.45) is 1.65. The Bertz CT molecular complexity index is 542. The summed E-state index contributed by atoms with van der Waals surface area (Å²) in [5, 5.41) is 9.31. The van der Waals surface area contributed by atoms with Gasteiger partial charge in [-0.3, -0.25) is 0 Å². The van der Waals surface area contributed by atoms with Crippen molar-refractivity contribution in [3.8, 4) is 0 Å². The van der Waals surface area contributed by atoms with Gasteiger partial charge in [-0.2, -0.15) is 4.31 Å². The molecule has 1 aromatic rings. The first-order valence-corrected chi connectivity index (χ1v) is 8.34. The number of aliphatic hydroxyl groups is 1.